The van der Waals surface area contributed by atoms with E-state index in [1.54, 1.807) is 25.3 Å². The Morgan fingerprint density at radius 1 is 1.42 bits per heavy atom. The Bertz CT molecular complexity index is 477. The van der Waals surface area contributed by atoms with Crippen LogP contribution in [0, 0.1) is 12.3 Å². The zero-order valence-electron chi connectivity index (χ0n) is 11.5. The van der Waals surface area contributed by atoms with E-state index in [1.165, 1.54) is 7.11 Å². The predicted octanol–water partition coefficient (Wildman–Crippen LogP) is 2.24. The number of hydrogen-bond donors (Lipinski definition) is 1. The number of rotatable bonds is 6. The molecule has 0 fully saturated rings. The lowest BCUT2D eigenvalue weighted by Gasteiger charge is -2.16. The van der Waals surface area contributed by atoms with Crippen molar-refractivity contribution in [3.8, 4) is 23.8 Å². The predicted molar refractivity (Wildman–Crippen MR) is 74.5 cm³/mol. The SMILES string of the molecule is C#CCC(CC)NC(=O)c1cc(OC)ccc1OC. The molecule has 0 aliphatic heterocycles. The molecule has 0 saturated heterocycles. The highest BCUT2D eigenvalue weighted by Gasteiger charge is 2.16. The average molecular weight is 261 g/mol. The van der Waals surface area contributed by atoms with Crippen molar-refractivity contribution in [1.82, 2.24) is 5.32 Å². The number of carbonyl (C=O) groups is 1. The van der Waals surface area contributed by atoms with Crippen molar-refractivity contribution in [2.45, 2.75) is 25.8 Å². The van der Waals surface area contributed by atoms with Crippen molar-refractivity contribution in [2.75, 3.05) is 14.2 Å². The highest BCUT2D eigenvalue weighted by molar-refractivity contribution is 5.97. The number of carbonyl (C=O) groups excluding carboxylic acids is 1. The molecular formula is C15H19NO3. The van der Waals surface area contributed by atoms with Gasteiger partial charge in [0.2, 0.25) is 0 Å². The molecule has 1 aromatic carbocycles. The number of hydrogen-bond acceptors (Lipinski definition) is 3. The molecule has 102 valence electrons. The van der Waals surface area contributed by atoms with Crippen molar-refractivity contribution in [3.05, 3.63) is 23.8 Å². The summed E-state index contributed by atoms with van der Waals surface area (Å²) in [6.45, 7) is 1.98. The maximum absolute atomic E-state index is 12.2. The Hall–Kier alpha value is -2.15. The van der Waals surface area contributed by atoms with Gasteiger partial charge in [-0.15, -0.1) is 12.3 Å². The van der Waals surface area contributed by atoms with Crippen molar-refractivity contribution >= 4 is 5.91 Å². The number of methoxy groups -OCH3 is 2. The zero-order chi connectivity index (χ0) is 14.3. The van der Waals surface area contributed by atoms with E-state index in [0.29, 0.717) is 23.5 Å². The van der Waals surface area contributed by atoms with Gasteiger partial charge in [0.1, 0.15) is 11.5 Å². The number of benzene rings is 1. The van der Waals surface area contributed by atoms with E-state index in [1.807, 2.05) is 6.92 Å². The van der Waals surface area contributed by atoms with E-state index in [9.17, 15) is 4.79 Å². The van der Waals surface area contributed by atoms with Gasteiger partial charge in [-0.2, -0.15) is 0 Å². The first kappa shape index (κ1) is 14.9. The molecule has 4 nitrogen and oxygen atoms in total. The molecule has 1 aromatic rings. The van der Waals surface area contributed by atoms with Gasteiger partial charge in [0.25, 0.3) is 5.91 Å². The molecule has 0 aliphatic carbocycles. The minimum atomic E-state index is -0.210. The van der Waals surface area contributed by atoms with Crippen LogP contribution in [0.5, 0.6) is 11.5 Å². The second-order valence-corrected chi connectivity index (χ2v) is 4.05. The first-order chi connectivity index (χ1) is 9.15. The molecule has 0 heterocycles. The van der Waals surface area contributed by atoms with Gasteiger partial charge in [0.15, 0.2) is 0 Å². The van der Waals surface area contributed by atoms with Crippen LogP contribution in [0.4, 0.5) is 0 Å². The van der Waals surface area contributed by atoms with Crippen LogP contribution in [0.15, 0.2) is 18.2 Å². The van der Waals surface area contributed by atoms with Gasteiger partial charge in [-0.1, -0.05) is 6.92 Å². The highest BCUT2D eigenvalue weighted by Crippen LogP contribution is 2.24. The molecule has 1 unspecified atom stereocenters. The van der Waals surface area contributed by atoms with Gasteiger partial charge in [-0.05, 0) is 24.6 Å². The molecular weight excluding hydrogens is 242 g/mol. The van der Waals surface area contributed by atoms with E-state index in [-0.39, 0.29) is 11.9 Å². The molecule has 4 heteroatoms. The van der Waals surface area contributed by atoms with Gasteiger partial charge >= 0.3 is 0 Å². The fraction of sp³-hybridized carbons (Fsp3) is 0.400. The third kappa shape index (κ3) is 3.92. The van der Waals surface area contributed by atoms with Crippen LogP contribution in [-0.2, 0) is 0 Å². The van der Waals surface area contributed by atoms with Crippen molar-refractivity contribution in [1.29, 1.82) is 0 Å². The third-order valence-corrected chi connectivity index (χ3v) is 2.84. The summed E-state index contributed by atoms with van der Waals surface area (Å²) in [6, 6.07) is 5.06. The quantitative estimate of drug-likeness (QED) is 0.799. The highest BCUT2D eigenvalue weighted by atomic mass is 16.5. The summed E-state index contributed by atoms with van der Waals surface area (Å²) in [4.78, 5) is 12.2. The summed E-state index contributed by atoms with van der Waals surface area (Å²) in [5, 5.41) is 2.89. The van der Waals surface area contributed by atoms with Crippen LogP contribution in [0.3, 0.4) is 0 Å². The molecule has 1 N–H and O–H groups in total. The van der Waals surface area contributed by atoms with Crippen molar-refractivity contribution < 1.29 is 14.3 Å². The van der Waals surface area contributed by atoms with Crippen LogP contribution in [0.25, 0.3) is 0 Å². The fourth-order valence-corrected chi connectivity index (χ4v) is 1.69. The molecule has 0 aliphatic rings. The number of terminal acetylenes is 1. The summed E-state index contributed by atoms with van der Waals surface area (Å²) >= 11 is 0. The Morgan fingerprint density at radius 3 is 2.68 bits per heavy atom. The largest absolute Gasteiger partial charge is 0.497 e. The van der Waals surface area contributed by atoms with Crippen LogP contribution in [0.2, 0.25) is 0 Å². The average Bonchev–Trinajstić information content (AvgIpc) is 2.45. The summed E-state index contributed by atoms with van der Waals surface area (Å²) < 4.78 is 10.3. The molecule has 1 rings (SSSR count). The van der Waals surface area contributed by atoms with E-state index in [4.69, 9.17) is 15.9 Å². The minimum Gasteiger partial charge on any atom is -0.497 e. The maximum Gasteiger partial charge on any atom is 0.255 e. The van der Waals surface area contributed by atoms with Crippen molar-refractivity contribution in [2.24, 2.45) is 0 Å². The van der Waals surface area contributed by atoms with E-state index < -0.39 is 0 Å². The Labute approximate surface area is 114 Å². The third-order valence-electron chi connectivity index (χ3n) is 2.84. The van der Waals surface area contributed by atoms with Gasteiger partial charge in [-0.25, -0.2) is 0 Å². The first-order valence-corrected chi connectivity index (χ1v) is 6.12. The number of ether oxygens (including phenoxy) is 2. The molecule has 0 spiro atoms. The summed E-state index contributed by atoms with van der Waals surface area (Å²) in [6.07, 6.45) is 6.56. The smallest absolute Gasteiger partial charge is 0.255 e. The van der Waals surface area contributed by atoms with E-state index in [2.05, 4.69) is 11.2 Å². The summed E-state index contributed by atoms with van der Waals surface area (Å²) in [7, 11) is 3.08. The Kier molecular flexibility index (Phi) is 5.74. The normalized spacial score (nSPS) is 11.3. The van der Waals surface area contributed by atoms with Gasteiger partial charge in [0.05, 0.1) is 19.8 Å². The number of nitrogens with one attached hydrogen (secondary N) is 1. The molecule has 1 amide bonds. The van der Waals surface area contributed by atoms with E-state index >= 15 is 0 Å². The molecule has 0 radical (unpaired) electrons. The molecule has 0 bridgehead atoms. The number of amides is 1. The van der Waals surface area contributed by atoms with Crippen molar-refractivity contribution in [3.63, 3.8) is 0 Å². The second kappa shape index (κ2) is 7.32. The summed E-state index contributed by atoms with van der Waals surface area (Å²) in [5.41, 5.74) is 0.442. The molecule has 19 heavy (non-hydrogen) atoms. The lowest BCUT2D eigenvalue weighted by Crippen LogP contribution is -2.34. The van der Waals surface area contributed by atoms with Crippen LogP contribution < -0.4 is 14.8 Å². The minimum absolute atomic E-state index is 0.0339. The maximum atomic E-state index is 12.2. The van der Waals surface area contributed by atoms with Crippen LogP contribution in [-0.4, -0.2) is 26.2 Å². The van der Waals surface area contributed by atoms with Gasteiger partial charge < -0.3 is 14.8 Å². The molecule has 0 saturated carbocycles. The Balaban J connectivity index is 2.94. The standard InChI is InChI=1S/C15H19NO3/c1-5-7-11(6-2)16-15(17)13-10-12(18-3)8-9-14(13)19-4/h1,8-11H,6-7H2,2-4H3,(H,16,17). The van der Waals surface area contributed by atoms with Crippen LogP contribution in [0.1, 0.15) is 30.1 Å². The first-order valence-electron chi connectivity index (χ1n) is 6.12. The summed E-state index contributed by atoms with van der Waals surface area (Å²) in [5.74, 6) is 3.46. The Morgan fingerprint density at radius 2 is 2.16 bits per heavy atom. The molecule has 1 atom stereocenters. The second-order valence-electron chi connectivity index (χ2n) is 4.05. The lowest BCUT2D eigenvalue weighted by molar-refractivity contribution is 0.0933. The van der Waals surface area contributed by atoms with Crippen LogP contribution >= 0.6 is 0 Å². The van der Waals surface area contributed by atoms with Gasteiger partial charge in [0, 0.05) is 12.5 Å². The van der Waals surface area contributed by atoms with E-state index in [0.717, 1.165) is 6.42 Å². The molecule has 0 aromatic heterocycles. The lowest BCUT2D eigenvalue weighted by atomic mass is 10.1. The monoisotopic (exact) mass is 261 g/mol. The fourth-order valence-electron chi connectivity index (χ4n) is 1.69. The topological polar surface area (TPSA) is 47.6 Å². The van der Waals surface area contributed by atoms with Gasteiger partial charge in [-0.3, -0.25) is 4.79 Å². The zero-order valence-corrected chi connectivity index (χ0v) is 11.5.